The Morgan fingerprint density at radius 3 is 2.71 bits per heavy atom. The summed E-state index contributed by atoms with van der Waals surface area (Å²) in [5.41, 5.74) is 8.15. The van der Waals surface area contributed by atoms with Gasteiger partial charge in [0.25, 0.3) is 0 Å². The van der Waals surface area contributed by atoms with E-state index >= 15 is 0 Å². The third kappa shape index (κ3) is 2.72. The van der Waals surface area contributed by atoms with E-state index in [1.807, 2.05) is 26.8 Å². The molecule has 0 spiro atoms. The molecule has 1 heterocycles. The molecule has 1 aromatic rings. The number of hydrogen-bond acceptors (Lipinski definition) is 3. The van der Waals surface area contributed by atoms with Crippen molar-refractivity contribution in [3.05, 3.63) is 23.8 Å². The summed E-state index contributed by atoms with van der Waals surface area (Å²) in [7, 11) is 0. The lowest BCUT2D eigenvalue weighted by Crippen LogP contribution is -2.39. The van der Waals surface area contributed by atoms with Gasteiger partial charge in [-0.3, -0.25) is 0 Å². The molecule has 3 heteroatoms. The number of ether oxygens (including phenoxy) is 1. The summed E-state index contributed by atoms with van der Waals surface area (Å²) in [6.45, 7) is 9.15. The molecule has 0 aromatic heterocycles. The average Bonchev–Trinajstić information content (AvgIpc) is 2.16. The van der Waals surface area contributed by atoms with Gasteiger partial charge in [0.05, 0.1) is 0 Å². The first-order valence-electron chi connectivity index (χ1n) is 6.14. The third-order valence-corrected chi connectivity index (χ3v) is 2.99. The number of rotatable bonds is 1. The minimum atomic E-state index is -0.266. The van der Waals surface area contributed by atoms with Gasteiger partial charge in [-0.25, -0.2) is 0 Å². The highest BCUT2D eigenvalue weighted by molar-refractivity contribution is 5.59. The van der Waals surface area contributed by atoms with Crippen molar-refractivity contribution in [1.29, 1.82) is 0 Å². The smallest absolute Gasteiger partial charge is 0.120 e. The first kappa shape index (κ1) is 12.2. The maximum Gasteiger partial charge on any atom is 0.120 e. The van der Waals surface area contributed by atoms with Gasteiger partial charge >= 0.3 is 0 Å². The Morgan fingerprint density at radius 1 is 1.35 bits per heavy atom. The number of benzene rings is 1. The molecule has 0 bridgehead atoms. The van der Waals surface area contributed by atoms with Crippen molar-refractivity contribution in [1.82, 2.24) is 0 Å². The van der Waals surface area contributed by atoms with Crippen LogP contribution < -0.4 is 15.8 Å². The fourth-order valence-corrected chi connectivity index (χ4v) is 2.16. The van der Waals surface area contributed by atoms with E-state index in [2.05, 4.69) is 24.4 Å². The summed E-state index contributed by atoms with van der Waals surface area (Å²) in [4.78, 5) is 0. The minimum Gasteiger partial charge on any atom is -0.488 e. The molecule has 3 nitrogen and oxygen atoms in total. The summed E-state index contributed by atoms with van der Waals surface area (Å²) in [5, 5.41) is 3.37. The summed E-state index contributed by atoms with van der Waals surface area (Å²) in [6, 6.07) is 6.12. The van der Waals surface area contributed by atoms with Crippen molar-refractivity contribution < 1.29 is 4.74 Å². The van der Waals surface area contributed by atoms with Gasteiger partial charge in [-0.15, -0.1) is 0 Å². The molecular weight excluding hydrogens is 212 g/mol. The quantitative estimate of drug-likeness (QED) is 0.785. The molecule has 2 rings (SSSR count). The molecule has 1 unspecified atom stereocenters. The van der Waals surface area contributed by atoms with Crippen molar-refractivity contribution in [3.8, 4) is 5.75 Å². The maximum atomic E-state index is 6.33. The van der Waals surface area contributed by atoms with Gasteiger partial charge in [0, 0.05) is 17.8 Å². The Labute approximate surface area is 103 Å². The van der Waals surface area contributed by atoms with E-state index in [0.29, 0.717) is 0 Å². The van der Waals surface area contributed by atoms with Gasteiger partial charge < -0.3 is 15.8 Å². The van der Waals surface area contributed by atoms with Crippen molar-refractivity contribution in [2.75, 3.05) is 11.9 Å². The first-order valence-corrected chi connectivity index (χ1v) is 6.14. The molecule has 0 saturated carbocycles. The van der Waals surface area contributed by atoms with Gasteiger partial charge in [0.15, 0.2) is 0 Å². The van der Waals surface area contributed by atoms with Crippen molar-refractivity contribution >= 4 is 5.69 Å². The molecule has 94 valence electrons. The van der Waals surface area contributed by atoms with Crippen LogP contribution in [-0.2, 0) is 5.54 Å². The molecule has 0 radical (unpaired) electrons. The third-order valence-electron chi connectivity index (χ3n) is 2.99. The van der Waals surface area contributed by atoms with Crippen molar-refractivity contribution in [2.24, 2.45) is 5.73 Å². The Hall–Kier alpha value is -1.22. The van der Waals surface area contributed by atoms with Crippen molar-refractivity contribution in [2.45, 2.75) is 45.3 Å². The Balaban J connectivity index is 2.35. The van der Waals surface area contributed by atoms with Crippen LogP contribution in [-0.4, -0.2) is 12.1 Å². The van der Waals surface area contributed by atoms with E-state index in [-0.39, 0.29) is 11.1 Å². The monoisotopic (exact) mass is 234 g/mol. The van der Waals surface area contributed by atoms with Gasteiger partial charge in [0.1, 0.15) is 11.4 Å². The molecule has 0 saturated heterocycles. The molecule has 0 amide bonds. The summed E-state index contributed by atoms with van der Waals surface area (Å²) in [5.74, 6) is 0.886. The number of nitrogens with one attached hydrogen (secondary N) is 1. The Kier molecular flexibility index (Phi) is 2.82. The van der Waals surface area contributed by atoms with Crippen LogP contribution in [0, 0.1) is 0 Å². The molecule has 0 fully saturated rings. The lowest BCUT2D eigenvalue weighted by molar-refractivity contribution is 0.130. The normalized spacial score (nSPS) is 23.8. The predicted molar refractivity (Wildman–Crippen MR) is 71.5 cm³/mol. The summed E-state index contributed by atoms with van der Waals surface area (Å²) < 4.78 is 5.88. The van der Waals surface area contributed by atoms with Crippen LogP contribution >= 0.6 is 0 Å². The van der Waals surface area contributed by atoms with Crippen LogP contribution in [0.3, 0.4) is 0 Å². The molecule has 1 aliphatic heterocycles. The zero-order valence-corrected chi connectivity index (χ0v) is 11.1. The zero-order valence-electron chi connectivity index (χ0n) is 11.1. The van der Waals surface area contributed by atoms with E-state index in [4.69, 9.17) is 10.5 Å². The second kappa shape index (κ2) is 3.91. The fraction of sp³-hybridized carbons (Fsp3) is 0.571. The van der Waals surface area contributed by atoms with E-state index in [0.717, 1.165) is 30.0 Å². The molecule has 1 atom stereocenters. The van der Waals surface area contributed by atoms with E-state index in [1.54, 1.807) is 0 Å². The Morgan fingerprint density at radius 2 is 2.06 bits per heavy atom. The number of anilines is 1. The number of nitrogens with two attached hydrogens (primary N) is 1. The molecule has 1 aliphatic rings. The first-order chi connectivity index (χ1) is 7.78. The predicted octanol–water partition coefficient (Wildman–Crippen LogP) is 2.85. The Bertz CT molecular complexity index is 419. The van der Waals surface area contributed by atoms with E-state index in [9.17, 15) is 0 Å². The van der Waals surface area contributed by atoms with Crippen molar-refractivity contribution in [3.63, 3.8) is 0 Å². The van der Waals surface area contributed by atoms with Gasteiger partial charge in [0.2, 0.25) is 0 Å². The van der Waals surface area contributed by atoms with Gasteiger partial charge in [-0.05, 0) is 57.9 Å². The molecule has 1 aromatic carbocycles. The van der Waals surface area contributed by atoms with E-state index < -0.39 is 0 Å². The highest BCUT2D eigenvalue weighted by atomic mass is 16.5. The highest BCUT2D eigenvalue weighted by Gasteiger charge is 2.28. The van der Waals surface area contributed by atoms with Crippen LogP contribution in [0.25, 0.3) is 0 Å². The largest absolute Gasteiger partial charge is 0.488 e. The summed E-state index contributed by atoms with van der Waals surface area (Å²) >= 11 is 0. The second-order valence-electron chi connectivity index (χ2n) is 6.02. The molecule has 0 aliphatic carbocycles. The van der Waals surface area contributed by atoms with Crippen LogP contribution in [0.2, 0.25) is 0 Å². The zero-order chi connectivity index (χ0) is 12.7. The standard InChI is InChI=1S/C14H22N2O/c1-13(2,3)17-10-5-6-12-11(9-10)14(4,15)7-8-16-12/h5-6,9,16H,7-8,15H2,1-4H3. The minimum absolute atomic E-state index is 0.179. The van der Waals surface area contributed by atoms with Crippen LogP contribution in [0.4, 0.5) is 5.69 Å². The fourth-order valence-electron chi connectivity index (χ4n) is 2.16. The average molecular weight is 234 g/mol. The maximum absolute atomic E-state index is 6.33. The van der Waals surface area contributed by atoms with Gasteiger partial charge in [-0.2, -0.15) is 0 Å². The molecule has 17 heavy (non-hydrogen) atoms. The second-order valence-corrected chi connectivity index (χ2v) is 6.02. The lowest BCUT2D eigenvalue weighted by Gasteiger charge is -2.34. The highest BCUT2D eigenvalue weighted by Crippen LogP contribution is 2.36. The van der Waals surface area contributed by atoms with Crippen LogP contribution in [0.15, 0.2) is 18.2 Å². The van der Waals surface area contributed by atoms with Gasteiger partial charge in [-0.1, -0.05) is 0 Å². The molecular formula is C14H22N2O. The SMILES string of the molecule is CC(C)(C)Oc1ccc2c(c1)C(C)(N)CCN2. The topological polar surface area (TPSA) is 47.3 Å². The molecule has 3 N–H and O–H groups in total. The summed E-state index contributed by atoms with van der Waals surface area (Å²) in [6.07, 6.45) is 0.943. The van der Waals surface area contributed by atoms with Crippen LogP contribution in [0.5, 0.6) is 5.75 Å². The van der Waals surface area contributed by atoms with Crippen LogP contribution in [0.1, 0.15) is 39.7 Å². The number of fused-ring (bicyclic) bond motifs is 1. The van der Waals surface area contributed by atoms with E-state index in [1.165, 1.54) is 0 Å². The number of hydrogen-bond donors (Lipinski definition) is 2. The lowest BCUT2D eigenvalue weighted by atomic mass is 9.85.